The maximum atomic E-state index is 13.8. The zero-order chi connectivity index (χ0) is 22.5. The van der Waals surface area contributed by atoms with E-state index in [0.717, 1.165) is 13.2 Å². The highest BCUT2D eigenvalue weighted by atomic mass is 19.4. The standard InChI is InChI=1S/C18H19F3N2O6/c1-16(2,3)29-15(25)22-17(14(24)28-4,18(19,20)21)11-7-9-12-8-5-6-10-13(12)23(26)27/h5-6,8,10H,11H2,1-4H3,(H,22,25). The minimum absolute atomic E-state index is 0.157. The van der Waals surface area contributed by atoms with Crippen LogP contribution in [0, 0.1) is 22.0 Å². The molecular weight excluding hydrogens is 397 g/mol. The molecule has 1 amide bonds. The average Bonchev–Trinajstić information content (AvgIpc) is 2.57. The molecule has 1 N–H and O–H groups in total. The van der Waals surface area contributed by atoms with Crippen LogP contribution < -0.4 is 5.32 Å². The predicted octanol–water partition coefficient (Wildman–Crippen LogP) is 3.34. The number of nitro groups is 1. The summed E-state index contributed by atoms with van der Waals surface area (Å²) in [5.41, 5.74) is -5.24. The molecule has 1 atom stereocenters. The van der Waals surface area contributed by atoms with E-state index >= 15 is 0 Å². The van der Waals surface area contributed by atoms with Crippen molar-refractivity contribution in [2.24, 2.45) is 0 Å². The van der Waals surface area contributed by atoms with Gasteiger partial charge in [-0.15, -0.1) is 0 Å². The fourth-order valence-electron chi connectivity index (χ4n) is 2.12. The molecule has 0 bridgehead atoms. The number of benzene rings is 1. The number of rotatable bonds is 4. The highest BCUT2D eigenvalue weighted by Crippen LogP contribution is 2.35. The summed E-state index contributed by atoms with van der Waals surface area (Å²) in [5.74, 6) is 2.50. The first-order valence-corrected chi connectivity index (χ1v) is 8.12. The van der Waals surface area contributed by atoms with Gasteiger partial charge in [-0.2, -0.15) is 13.2 Å². The molecule has 0 fully saturated rings. The zero-order valence-corrected chi connectivity index (χ0v) is 16.0. The molecule has 8 nitrogen and oxygen atoms in total. The topological polar surface area (TPSA) is 108 Å². The molecule has 0 aliphatic heterocycles. The van der Waals surface area contributed by atoms with Gasteiger partial charge in [0.2, 0.25) is 5.54 Å². The lowest BCUT2D eigenvalue weighted by atomic mass is 9.94. The maximum Gasteiger partial charge on any atom is 0.423 e. The molecule has 158 valence electrons. The van der Waals surface area contributed by atoms with Gasteiger partial charge in [0.1, 0.15) is 11.2 Å². The molecule has 0 aliphatic rings. The van der Waals surface area contributed by atoms with E-state index in [1.807, 2.05) is 0 Å². The minimum atomic E-state index is -5.30. The second kappa shape index (κ2) is 8.81. The van der Waals surface area contributed by atoms with E-state index in [1.165, 1.54) is 44.3 Å². The summed E-state index contributed by atoms with van der Waals surface area (Å²) in [6.07, 6.45) is -8.06. The number of carbonyl (C=O) groups excluding carboxylic acids is 2. The summed E-state index contributed by atoms with van der Waals surface area (Å²) in [6.45, 7) is 4.27. The van der Waals surface area contributed by atoms with Crippen LogP contribution in [0.3, 0.4) is 0 Å². The molecule has 1 aromatic carbocycles. The fraction of sp³-hybridized carbons (Fsp3) is 0.444. The Bertz CT molecular complexity index is 852. The Kier molecular flexibility index (Phi) is 7.21. The molecule has 0 saturated heterocycles. The maximum absolute atomic E-state index is 13.8. The summed E-state index contributed by atoms with van der Waals surface area (Å²) in [6, 6.07) is 5.13. The Hall–Kier alpha value is -3.29. The van der Waals surface area contributed by atoms with Crippen LogP contribution in [-0.4, -0.2) is 41.4 Å². The van der Waals surface area contributed by atoms with Crippen LogP contribution in [-0.2, 0) is 14.3 Å². The van der Waals surface area contributed by atoms with Gasteiger partial charge in [-0.05, 0) is 26.8 Å². The molecule has 1 unspecified atom stereocenters. The van der Waals surface area contributed by atoms with Crippen LogP contribution in [0.5, 0.6) is 0 Å². The van der Waals surface area contributed by atoms with Gasteiger partial charge < -0.3 is 9.47 Å². The Labute approximate surface area is 164 Å². The van der Waals surface area contributed by atoms with Crippen LogP contribution in [0.25, 0.3) is 0 Å². The second-order valence-corrected chi connectivity index (χ2v) is 6.77. The molecule has 0 aromatic heterocycles. The van der Waals surface area contributed by atoms with Crippen LogP contribution in [0.4, 0.5) is 23.7 Å². The van der Waals surface area contributed by atoms with Crippen molar-refractivity contribution in [3.8, 4) is 11.8 Å². The molecule has 0 radical (unpaired) electrons. The van der Waals surface area contributed by atoms with Gasteiger partial charge in [0.15, 0.2) is 0 Å². The van der Waals surface area contributed by atoms with Crippen LogP contribution in [0.2, 0.25) is 0 Å². The molecule has 11 heteroatoms. The van der Waals surface area contributed by atoms with Crippen molar-refractivity contribution in [3.63, 3.8) is 0 Å². The molecule has 1 rings (SSSR count). The smallest absolute Gasteiger partial charge is 0.423 e. The van der Waals surface area contributed by atoms with E-state index in [-0.39, 0.29) is 5.56 Å². The summed E-state index contributed by atoms with van der Waals surface area (Å²) >= 11 is 0. The van der Waals surface area contributed by atoms with Gasteiger partial charge in [0, 0.05) is 6.07 Å². The number of methoxy groups -OCH3 is 1. The first-order valence-electron chi connectivity index (χ1n) is 8.12. The van der Waals surface area contributed by atoms with Crippen LogP contribution >= 0.6 is 0 Å². The number of carbonyl (C=O) groups is 2. The second-order valence-electron chi connectivity index (χ2n) is 6.77. The van der Waals surface area contributed by atoms with Crippen molar-refractivity contribution in [2.45, 2.75) is 44.5 Å². The number of esters is 1. The highest BCUT2D eigenvalue weighted by molar-refractivity contribution is 5.87. The van der Waals surface area contributed by atoms with Crippen molar-refractivity contribution in [1.29, 1.82) is 0 Å². The van der Waals surface area contributed by atoms with Gasteiger partial charge in [-0.25, -0.2) is 9.59 Å². The summed E-state index contributed by atoms with van der Waals surface area (Å²) in [4.78, 5) is 34.2. The average molecular weight is 416 g/mol. The van der Waals surface area contributed by atoms with E-state index in [0.29, 0.717) is 0 Å². The summed E-state index contributed by atoms with van der Waals surface area (Å²) < 4.78 is 50.4. The lowest BCUT2D eigenvalue weighted by Gasteiger charge is -2.33. The predicted molar refractivity (Wildman–Crippen MR) is 94.8 cm³/mol. The van der Waals surface area contributed by atoms with Gasteiger partial charge in [-0.1, -0.05) is 24.0 Å². The van der Waals surface area contributed by atoms with Gasteiger partial charge >= 0.3 is 18.2 Å². The van der Waals surface area contributed by atoms with Gasteiger partial charge in [0.25, 0.3) is 5.69 Å². The molecule has 0 spiro atoms. The molecule has 29 heavy (non-hydrogen) atoms. The van der Waals surface area contributed by atoms with Crippen molar-refractivity contribution < 1.29 is 37.2 Å². The Balaban J connectivity index is 3.35. The van der Waals surface area contributed by atoms with Gasteiger partial charge in [-0.3, -0.25) is 15.4 Å². The number of hydrogen-bond acceptors (Lipinski definition) is 6. The Morgan fingerprint density at radius 2 is 1.79 bits per heavy atom. The van der Waals surface area contributed by atoms with E-state index in [4.69, 9.17) is 4.74 Å². The largest absolute Gasteiger partial charge is 0.467 e. The Morgan fingerprint density at radius 3 is 2.28 bits per heavy atom. The molecule has 0 aliphatic carbocycles. The van der Waals surface area contributed by atoms with Crippen molar-refractivity contribution in [2.75, 3.05) is 7.11 Å². The van der Waals surface area contributed by atoms with Crippen LogP contribution in [0.1, 0.15) is 32.8 Å². The molecule has 0 heterocycles. The summed E-state index contributed by atoms with van der Waals surface area (Å²) in [5, 5.41) is 12.5. The molecule has 0 saturated carbocycles. The van der Waals surface area contributed by atoms with Crippen molar-refractivity contribution in [3.05, 3.63) is 39.9 Å². The first-order chi connectivity index (χ1) is 13.2. The summed E-state index contributed by atoms with van der Waals surface area (Å²) in [7, 11) is 0.717. The number of para-hydroxylation sites is 1. The number of nitrogens with zero attached hydrogens (tertiary/aromatic N) is 1. The van der Waals surface area contributed by atoms with E-state index in [1.54, 1.807) is 0 Å². The van der Waals surface area contributed by atoms with Gasteiger partial charge in [0.05, 0.1) is 18.5 Å². The lowest BCUT2D eigenvalue weighted by molar-refractivity contribution is -0.385. The third kappa shape index (κ3) is 6.10. The highest BCUT2D eigenvalue weighted by Gasteiger charge is 2.62. The zero-order valence-electron chi connectivity index (χ0n) is 16.0. The number of ether oxygens (including phenoxy) is 2. The molecule has 1 aromatic rings. The number of alkyl carbamates (subject to hydrolysis) is 1. The number of halogens is 3. The number of alkyl halides is 3. The normalized spacial score (nSPS) is 13.3. The number of amides is 1. The first kappa shape index (κ1) is 23.7. The quantitative estimate of drug-likeness (QED) is 0.349. The minimum Gasteiger partial charge on any atom is -0.467 e. The fourth-order valence-corrected chi connectivity index (χ4v) is 2.12. The monoisotopic (exact) mass is 416 g/mol. The van der Waals surface area contributed by atoms with E-state index < -0.39 is 46.4 Å². The number of nitrogens with one attached hydrogen (secondary N) is 1. The molecular formula is C18H19F3N2O6. The number of hydrogen-bond donors (Lipinski definition) is 1. The third-order valence-electron chi connectivity index (χ3n) is 3.41. The SMILES string of the molecule is COC(=O)C(CC#Cc1ccccc1[N+](=O)[O-])(NC(=O)OC(C)(C)C)C(F)(F)F. The number of nitro benzene ring substituents is 1. The van der Waals surface area contributed by atoms with Crippen molar-refractivity contribution >= 4 is 17.7 Å². The lowest BCUT2D eigenvalue weighted by Crippen LogP contribution is -2.64. The third-order valence-corrected chi connectivity index (χ3v) is 3.41. The van der Waals surface area contributed by atoms with Crippen molar-refractivity contribution in [1.82, 2.24) is 5.32 Å². The van der Waals surface area contributed by atoms with E-state index in [2.05, 4.69) is 16.6 Å². The van der Waals surface area contributed by atoms with E-state index in [9.17, 15) is 32.9 Å². The van der Waals surface area contributed by atoms with Crippen LogP contribution in [0.15, 0.2) is 24.3 Å². The Morgan fingerprint density at radius 1 is 1.21 bits per heavy atom.